The third-order valence-electron chi connectivity index (χ3n) is 8.02. The summed E-state index contributed by atoms with van der Waals surface area (Å²) in [5, 5.41) is 0. The van der Waals surface area contributed by atoms with E-state index in [1.54, 1.807) is 37.7 Å². The summed E-state index contributed by atoms with van der Waals surface area (Å²) in [4.78, 5) is 0. The first kappa shape index (κ1) is 16.9. The second-order valence-corrected chi connectivity index (χ2v) is 9.56. The van der Waals surface area contributed by atoms with Gasteiger partial charge in [0.2, 0.25) is 0 Å². The zero-order chi connectivity index (χ0) is 16.2. The summed E-state index contributed by atoms with van der Waals surface area (Å²) in [6.45, 7) is 0. The maximum absolute atomic E-state index is 2.62. The van der Waals surface area contributed by atoms with Gasteiger partial charge in [0.05, 0.1) is 0 Å². The molecule has 0 aliphatic heterocycles. The molecule has 0 saturated heterocycles. The van der Waals surface area contributed by atoms with Crippen LogP contribution in [0, 0.1) is 23.2 Å². The SMILES string of the molecule is C1=CC2CC(=C1)CCCCCC2C12CCCCCCC(CCC1)C2. The Morgan fingerprint density at radius 2 is 1.58 bits per heavy atom. The first-order valence-corrected chi connectivity index (χ1v) is 11.2. The lowest BCUT2D eigenvalue weighted by Crippen LogP contribution is -2.39. The molecule has 4 unspecified atom stereocenters. The highest BCUT2D eigenvalue weighted by Crippen LogP contribution is 2.55. The van der Waals surface area contributed by atoms with Gasteiger partial charge in [-0.25, -0.2) is 0 Å². The molecule has 4 rings (SSSR count). The van der Waals surface area contributed by atoms with Crippen LogP contribution in [0.4, 0.5) is 0 Å². The van der Waals surface area contributed by atoms with Gasteiger partial charge in [0, 0.05) is 0 Å². The van der Waals surface area contributed by atoms with Gasteiger partial charge in [-0.2, -0.15) is 0 Å². The zero-order valence-corrected chi connectivity index (χ0v) is 15.8. The highest BCUT2D eigenvalue weighted by atomic mass is 14.5. The molecule has 3 saturated carbocycles. The van der Waals surface area contributed by atoms with Crippen molar-refractivity contribution in [1.82, 2.24) is 0 Å². The van der Waals surface area contributed by atoms with Crippen molar-refractivity contribution in [2.24, 2.45) is 23.2 Å². The summed E-state index contributed by atoms with van der Waals surface area (Å²) >= 11 is 0. The average Bonchev–Trinajstić information content (AvgIpc) is 2.72. The van der Waals surface area contributed by atoms with E-state index in [1.807, 2.05) is 0 Å². The first-order valence-electron chi connectivity index (χ1n) is 11.2. The van der Waals surface area contributed by atoms with E-state index in [2.05, 4.69) is 18.2 Å². The Morgan fingerprint density at radius 1 is 0.792 bits per heavy atom. The Hall–Kier alpha value is -0.520. The minimum atomic E-state index is 0.703. The van der Waals surface area contributed by atoms with Gasteiger partial charge in [-0.15, -0.1) is 0 Å². The predicted octanol–water partition coefficient (Wildman–Crippen LogP) is 7.60. The van der Waals surface area contributed by atoms with Gasteiger partial charge < -0.3 is 0 Å². The molecule has 0 heteroatoms. The van der Waals surface area contributed by atoms with Crippen molar-refractivity contribution in [1.29, 1.82) is 0 Å². The molecule has 4 aliphatic rings. The molecule has 0 aromatic carbocycles. The van der Waals surface area contributed by atoms with Crippen molar-refractivity contribution < 1.29 is 0 Å². The van der Waals surface area contributed by atoms with E-state index in [9.17, 15) is 0 Å². The quantitative estimate of drug-likeness (QED) is 0.465. The molecule has 3 fully saturated rings. The van der Waals surface area contributed by atoms with Crippen LogP contribution in [0.3, 0.4) is 0 Å². The molecule has 24 heavy (non-hydrogen) atoms. The molecular formula is C24H38. The third-order valence-corrected chi connectivity index (χ3v) is 8.02. The summed E-state index contributed by atoms with van der Waals surface area (Å²) in [5.74, 6) is 2.91. The predicted molar refractivity (Wildman–Crippen MR) is 104 cm³/mol. The van der Waals surface area contributed by atoms with Crippen LogP contribution in [-0.4, -0.2) is 0 Å². The number of allylic oxidation sites excluding steroid dienone is 4. The number of hydrogen-bond donors (Lipinski definition) is 0. The standard InChI is InChI=1S/C24H38/c1-2-7-16-24(17-9-13-21(19-24)11-4-1)23-15-6-3-5-10-20-12-8-14-22(23)18-20/h8,12,14,21-23H,1-7,9-11,13,15-19H2. The van der Waals surface area contributed by atoms with Crippen LogP contribution >= 0.6 is 0 Å². The van der Waals surface area contributed by atoms with Crippen LogP contribution in [0.2, 0.25) is 0 Å². The molecule has 0 spiro atoms. The van der Waals surface area contributed by atoms with Crippen molar-refractivity contribution in [3.8, 4) is 0 Å². The summed E-state index contributed by atoms with van der Waals surface area (Å²) in [6, 6.07) is 0. The molecule has 0 radical (unpaired) electrons. The van der Waals surface area contributed by atoms with Gasteiger partial charge in [-0.3, -0.25) is 0 Å². The number of fused-ring (bicyclic) bond motifs is 4. The van der Waals surface area contributed by atoms with Crippen molar-refractivity contribution in [2.45, 2.75) is 103 Å². The maximum Gasteiger partial charge on any atom is -0.0159 e. The monoisotopic (exact) mass is 326 g/mol. The summed E-state index contributed by atoms with van der Waals surface area (Å²) in [7, 11) is 0. The minimum absolute atomic E-state index is 0.703. The molecular weight excluding hydrogens is 288 g/mol. The van der Waals surface area contributed by atoms with E-state index in [0.717, 1.165) is 17.8 Å². The van der Waals surface area contributed by atoms with Crippen LogP contribution in [-0.2, 0) is 0 Å². The lowest BCUT2D eigenvalue weighted by Gasteiger charge is -2.49. The summed E-state index contributed by atoms with van der Waals surface area (Å²) < 4.78 is 0. The number of hydrogen-bond acceptors (Lipinski definition) is 0. The molecule has 0 nitrogen and oxygen atoms in total. The van der Waals surface area contributed by atoms with Crippen LogP contribution in [0.15, 0.2) is 23.8 Å². The van der Waals surface area contributed by atoms with E-state index in [1.165, 1.54) is 70.6 Å². The first-order chi connectivity index (χ1) is 11.9. The third kappa shape index (κ3) is 3.68. The number of rotatable bonds is 1. The highest BCUT2D eigenvalue weighted by molar-refractivity contribution is 5.21. The fourth-order valence-electron chi connectivity index (χ4n) is 6.88. The van der Waals surface area contributed by atoms with Gasteiger partial charge in [-0.1, -0.05) is 81.6 Å². The fraction of sp³-hybridized carbons (Fsp3) is 0.833. The largest absolute Gasteiger partial charge is 0.0808 e. The second kappa shape index (κ2) is 7.79. The lowest BCUT2D eigenvalue weighted by atomic mass is 9.55. The van der Waals surface area contributed by atoms with Crippen LogP contribution < -0.4 is 0 Å². The highest BCUT2D eigenvalue weighted by Gasteiger charge is 2.44. The topological polar surface area (TPSA) is 0 Å². The molecule has 0 aromatic heterocycles. The van der Waals surface area contributed by atoms with E-state index in [-0.39, 0.29) is 0 Å². The van der Waals surface area contributed by atoms with E-state index in [0.29, 0.717) is 5.41 Å². The molecule has 134 valence electrons. The van der Waals surface area contributed by atoms with Gasteiger partial charge in [0.25, 0.3) is 0 Å². The van der Waals surface area contributed by atoms with E-state index < -0.39 is 0 Å². The Balaban J connectivity index is 1.61. The second-order valence-electron chi connectivity index (χ2n) is 9.56. The van der Waals surface area contributed by atoms with Crippen molar-refractivity contribution in [2.75, 3.05) is 0 Å². The van der Waals surface area contributed by atoms with Gasteiger partial charge in [-0.05, 0) is 68.1 Å². The summed E-state index contributed by atoms with van der Waals surface area (Å²) in [6.07, 6.45) is 31.5. The minimum Gasteiger partial charge on any atom is -0.0808 e. The Kier molecular flexibility index (Phi) is 5.50. The van der Waals surface area contributed by atoms with Gasteiger partial charge >= 0.3 is 0 Å². The normalized spacial score (nSPS) is 41.0. The van der Waals surface area contributed by atoms with Crippen LogP contribution in [0.25, 0.3) is 0 Å². The van der Waals surface area contributed by atoms with Crippen molar-refractivity contribution >= 4 is 0 Å². The smallest absolute Gasteiger partial charge is 0.0159 e. The summed E-state index contributed by atoms with van der Waals surface area (Å²) in [5.41, 5.74) is 2.47. The lowest BCUT2D eigenvalue weighted by molar-refractivity contribution is 0.0219. The van der Waals surface area contributed by atoms with Crippen LogP contribution in [0.1, 0.15) is 103 Å². The molecule has 4 atom stereocenters. The molecule has 0 heterocycles. The molecule has 0 N–H and O–H groups in total. The Morgan fingerprint density at radius 3 is 2.58 bits per heavy atom. The fourth-order valence-corrected chi connectivity index (χ4v) is 6.88. The maximum atomic E-state index is 2.62. The Labute approximate surface area is 150 Å². The van der Waals surface area contributed by atoms with E-state index in [4.69, 9.17) is 0 Å². The van der Waals surface area contributed by atoms with Crippen LogP contribution in [0.5, 0.6) is 0 Å². The molecule has 0 aromatic rings. The average molecular weight is 327 g/mol. The van der Waals surface area contributed by atoms with Gasteiger partial charge in [0.15, 0.2) is 0 Å². The van der Waals surface area contributed by atoms with Crippen molar-refractivity contribution in [3.63, 3.8) is 0 Å². The van der Waals surface area contributed by atoms with E-state index >= 15 is 0 Å². The van der Waals surface area contributed by atoms with Crippen molar-refractivity contribution in [3.05, 3.63) is 23.8 Å². The zero-order valence-electron chi connectivity index (χ0n) is 15.8. The molecule has 0 amide bonds. The Bertz CT molecular complexity index is 470. The van der Waals surface area contributed by atoms with Gasteiger partial charge in [0.1, 0.15) is 0 Å². The molecule has 4 bridgehead atoms. The molecule has 4 aliphatic carbocycles.